The van der Waals surface area contributed by atoms with Crippen molar-refractivity contribution in [2.45, 2.75) is 69.3 Å². The van der Waals surface area contributed by atoms with Crippen LogP contribution in [0.3, 0.4) is 0 Å². The molecule has 0 radical (unpaired) electrons. The number of alkyl halides is 3. The van der Waals surface area contributed by atoms with Crippen LogP contribution in [0.5, 0.6) is 11.5 Å². The predicted molar refractivity (Wildman–Crippen MR) is 141 cm³/mol. The van der Waals surface area contributed by atoms with Crippen molar-refractivity contribution in [2.24, 2.45) is 0 Å². The smallest absolute Gasteiger partial charge is 0.490 e. The summed E-state index contributed by atoms with van der Waals surface area (Å²) in [4.78, 5) is 23.8. The van der Waals surface area contributed by atoms with E-state index in [0.717, 1.165) is 55.9 Å². The average molecular weight is 588 g/mol. The fourth-order valence-electron chi connectivity index (χ4n) is 5.50. The Kier molecular flexibility index (Phi) is 10.1. The number of ether oxygens (including phenoxy) is 2. The quantitative estimate of drug-likeness (QED) is 0.375. The molecule has 4 rings (SSSR count). The van der Waals surface area contributed by atoms with Crippen LogP contribution in [0.25, 0.3) is 0 Å². The van der Waals surface area contributed by atoms with E-state index in [-0.39, 0.29) is 29.3 Å². The Bertz CT molecular complexity index is 1240. The molecule has 0 aromatic heterocycles. The molecule has 3 atom stereocenters. The minimum absolute atomic E-state index is 0.0191. The number of hydrogen-bond acceptors (Lipinski definition) is 5. The summed E-state index contributed by atoms with van der Waals surface area (Å²) >= 11 is 0. The molecule has 41 heavy (non-hydrogen) atoms. The molecular weight excluding hydrogens is 553 g/mol. The van der Waals surface area contributed by atoms with Gasteiger partial charge in [0.1, 0.15) is 0 Å². The van der Waals surface area contributed by atoms with Gasteiger partial charge in [-0.2, -0.15) is 13.2 Å². The molecule has 2 fully saturated rings. The molecule has 0 bridgehead atoms. The molecule has 1 saturated carbocycles. The molecule has 2 amide bonds. The summed E-state index contributed by atoms with van der Waals surface area (Å²) < 4.78 is 69.9. The third-order valence-electron chi connectivity index (χ3n) is 7.38. The topological polar surface area (TPSA) is 100 Å². The Morgan fingerprint density at radius 1 is 1.07 bits per heavy atom. The van der Waals surface area contributed by atoms with Crippen LogP contribution in [0.15, 0.2) is 36.4 Å². The van der Waals surface area contributed by atoms with Crippen LogP contribution < -0.4 is 20.1 Å². The summed E-state index contributed by atoms with van der Waals surface area (Å²) in [7, 11) is 3.79. The van der Waals surface area contributed by atoms with Crippen molar-refractivity contribution in [3.63, 3.8) is 0 Å². The number of rotatable bonds is 6. The Hall–Kier alpha value is -3.61. The zero-order valence-electron chi connectivity index (χ0n) is 23.1. The minimum Gasteiger partial charge on any atom is -0.493 e. The molecule has 0 spiro atoms. The van der Waals surface area contributed by atoms with Crippen LogP contribution in [0.2, 0.25) is 0 Å². The first-order valence-electron chi connectivity index (χ1n) is 13.0. The number of carboxylic acids is 1. The van der Waals surface area contributed by atoms with Gasteiger partial charge in [0, 0.05) is 29.3 Å². The Morgan fingerprint density at radius 3 is 2.34 bits per heavy atom. The molecule has 1 aliphatic carbocycles. The summed E-state index contributed by atoms with van der Waals surface area (Å²) in [5.74, 6) is -3.22. The number of nitrogens with zero attached hydrogens (tertiary/aromatic N) is 1. The first-order chi connectivity index (χ1) is 19.2. The van der Waals surface area contributed by atoms with Crippen LogP contribution in [-0.2, 0) is 10.2 Å². The molecule has 3 N–H and O–H groups in total. The standard InChI is InChI=1S/C26H33F2N3O3.C2HF3O2/c1-16(2)34-22-8-5-17(13-23(22)33-4)26-10-9-19(15-24(26)31(3)12-11-26)30-25(32)29-18-6-7-20(27)21(28)14-18;3-2(4,5)1(6)7/h5-8,13-14,16,19,24H,9-12,15H2,1-4H3,(H2,29,30,32);(H,6,7). The van der Waals surface area contributed by atoms with Crippen LogP contribution in [-0.4, -0.2) is 67.1 Å². The first-order valence-corrected chi connectivity index (χ1v) is 13.0. The number of hydrogen-bond donors (Lipinski definition) is 3. The van der Waals surface area contributed by atoms with E-state index in [0.29, 0.717) is 0 Å². The molecule has 2 aromatic carbocycles. The lowest BCUT2D eigenvalue weighted by Gasteiger charge is -2.45. The van der Waals surface area contributed by atoms with Gasteiger partial charge >= 0.3 is 18.2 Å². The molecule has 1 aliphatic heterocycles. The molecule has 1 saturated heterocycles. The van der Waals surface area contributed by atoms with Gasteiger partial charge in [-0.15, -0.1) is 0 Å². The number of urea groups is 1. The number of likely N-dealkylation sites (N-methyl/N-ethyl adjacent to an activating group) is 1. The summed E-state index contributed by atoms with van der Waals surface area (Å²) in [6.07, 6.45) is -1.44. The van der Waals surface area contributed by atoms with Gasteiger partial charge < -0.3 is 30.1 Å². The summed E-state index contributed by atoms with van der Waals surface area (Å²) in [6.45, 7) is 4.96. The van der Waals surface area contributed by atoms with E-state index in [4.69, 9.17) is 19.4 Å². The van der Waals surface area contributed by atoms with Gasteiger partial charge in [0.2, 0.25) is 0 Å². The van der Waals surface area contributed by atoms with Gasteiger partial charge in [-0.1, -0.05) is 6.07 Å². The van der Waals surface area contributed by atoms with Gasteiger partial charge in [-0.05, 0) is 83.0 Å². The van der Waals surface area contributed by atoms with Crippen LogP contribution in [0.1, 0.15) is 45.1 Å². The maximum atomic E-state index is 13.5. The largest absolute Gasteiger partial charge is 0.493 e. The zero-order valence-corrected chi connectivity index (χ0v) is 23.1. The van der Waals surface area contributed by atoms with Crippen molar-refractivity contribution in [1.82, 2.24) is 10.2 Å². The van der Waals surface area contributed by atoms with E-state index in [1.807, 2.05) is 19.9 Å². The first kappa shape index (κ1) is 31.9. The van der Waals surface area contributed by atoms with E-state index < -0.39 is 29.8 Å². The molecule has 2 aromatic rings. The van der Waals surface area contributed by atoms with Crippen LogP contribution in [0, 0.1) is 11.6 Å². The van der Waals surface area contributed by atoms with Crippen molar-refractivity contribution in [1.29, 1.82) is 0 Å². The van der Waals surface area contributed by atoms with Gasteiger partial charge in [0.15, 0.2) is 23.1 Å². The number of aliphatic carboxylic acids is 1. The van der Waals surface area contributed by atoms with Crippen LogP contribution >= 0.6 is 0 Å². The highest BCUT2D eigenvalue weighted by Gasteiger charge is 2.50. The lowest BCUT2D eigenvalue weighted by Crippen LogP contribution is -2.52. The van der Waals surface area contributed by atoms with Crippen molar-refractivity contribution in [3.8, 4) is 11.5 Å². The average Bonchev–Trinajstić information content (AvgIpc) is 3.23. The number of carbonyl (C=O) groups is 2. The fourth-order valence-corrected chi connectivity index (χ4v) is 5.50. The maximum absolute atomic E-state index is 13.5. The number of anilines is 1. The number of methoxy groups -OCH3 is 1. The normalized spacial score (nSPS) is 22.3. The van der Waals surface area contributed by atoms with Crippen molar-refractivity contribution in [3.05, 3.63) is 53.6 Å². The highest BCUT2D eigenvalue weighted by molar-refractivity contribution is 5.89. The summed E-state index contributed by atoms with van der Waals surface area (Å²) in [6, 6.07) is 9.40. The van der Waals surface area contributed by atoms with Gasteiger partial charge in [-0.25, -0.2) is 18.4 Å². The summed E-state index contributed by atoms with van der Waals surface area (Å²) in [5, 5.41) is 12.7. The highest BCUT2D eigenvalue weighted by Crippen LogP contribution is 2.50. The van der Waals surface area contributed by atoms with Gasteiger partial charge in [0.05, 0.1) is 13.2 Å². The summed E-state index contributed by atoms with van der Waals surface area (Å²) in [5.41, 5.74) is 1.43. The SMILES string of the molecule is COc1cc(C23CCC(NC(=O)Nc4ccc(F)c(F)c4)CC2N(C)CC3)ccc1OC(C)C.O=C(O)C(F)(F)F. The monoisotopic (exact) mass is 587 g/mol. The lowest BCUT2D eigenvalue weighted by atomic mass is 9.65. The molecule has 2 aliphatic rings. The van der Waals surface area contributed by atoms with Gasteiger partial charge in [0.25, 0.3) is 0 Å². The number of benzene rings is 2. The molecule has 3 unspecified atom stereocenters. The third-order valence-corrected chi connectivity index (χ3v) is 7.38. The van der Waals surface area contributed by atoms with E-state index in [9.17, 15) is 26.7 Å². The molecule has 13 heteroatoms. The van der Waals surface area contributed by atoms with Crippen molar-refractivity contribution >= 4 is 17.7 Å². The maximum Gasteiger partial charge on any atom is 0.490 e. The number of halogens is 5. The van der Waals surface area contributed by atoms with Crippen LogP contribution in [0.4, 0.5) is 32.4 Å². The Labute approximate surface area is 234 Å². The number of fused-ring (bicyclic) bond motifs is 1. The van der Waals surface area contributed by atoms with Crippen molar-refractivity contribution in [2.75, 3.05) is 26.0 Å². The number of carboxylic acid groups (broad SMARTS) is 1. The second kappa shape index (κ2) is 12.9. The molecule has 226 valence electrons. The number of nitrogens with one attached hydrogen (secondary N) is 2. The predicted octanol–water partition coefficient (Wildman–Crippen LogP) is 5.71. The number of carbonyl (C=O) groups excluding carboxylic acids is 1. The van der Waals surface area contributed by atoms with E-state index in [1.54, 1.807) is 7.11 Å². The molecular formula is C28H34F5N3O5. The second-order valence-electron chi connectivity index (χ2n) is 10.4. The number of likely N-dealkylation sites (tertiary alicyclic amines) is 1. The third kappa shape index (κ3) is 7.78. The number of amides is 2. The molecule has 1 heterocycles. The Balaban J connectivity index is 0.000000587. The van der Waals surface area contributed by atoms with E-state index in [1.165, 1.54) is 11.6 Å². The van der Waals surface area contributed by atoms with E-state index >= 15 is 0 Å². The molecule has 8 nitrogen and oxygen atoms in total. The van der Waals surface area contributed by atoms with E-state index in [2.05, 4.69) is 34.7 Å². The Morgan fingerprint density at radius 2 is 1.76 bits per heavy atom. The lowest BCUT2D eigenvalue weighted by molar-refractivity contribution is -0.192. The van der Waals surface area contributed by atoms with Gasteiger partial charge in [-0.3, -0.25) is 0 Å². The fraction of sp³-hybridized carbons (Fsp3) is 0.500. The second-order valence-corrected chi connectivity index (χ2v) is 10.4. The minimum atomic E-state index is -5.08. The zero-order chi connectivity index (χ0) is 30.5. The van der Waals surface area contributed by atoms with Crippen molar-refractivity contribution < 1.29 is 46.1 Å². The highest BCUT2D eigenvalue weighted by atomic mass is 19.4.